The fourth-order valence-corrected chi connectivity index (χ4v) is 0.701. The van der Waals surface area contributed by atoms with E-state index in [1.807, 2.05) is 0 Å². The maximum atomic E-state index is 10.8. The zero-order chi connectivity index (χ0) is 8.27. The van der Waals surface area contributed by atoms with E-state index in [1.165, 1.54) is 12.3 Å². The van der Waals surface area contributed by atoms with Gasteiger partial charge in [-0.1, -0.05) is 12.7 Å². The average Bonchev–Trinajstić information content (AvgIpc) is 2.05. The van der Waals surface area contributed by atoms with Crippen molar-refractivity contribution in [2.24, 2.45) is 0 Å². The van der Waals surface area contributed by atoms with Crippen LogP contribution >= 0.6 is 0 Å². The summed E-state index contributed by atoms with van der Waals surface area (Å²) in [5.41, 5.74) is 0.488. The quantitative estimate of drug-likeness (QED) is 0.639. The van der Waals surface area contributed by atoms with E-state index in [2.05, 4.69) is 11.6 Å². The SMILES string of the molecule is C=Cc1c[nH]c(=O)c(C#N)c1. The molecule has 0 saturated carbocycles. The van der Waals surface area contributed by atoms with Crippen LogP contribution in [0.5, 0.6) is 0 Å². The third kappa shape index (κ3) is 1.36. The molecule has 0 aliphatic carbocycles. The van der Waals surface area contributed by atoms with Crippen LogP contribution in [0.25, 0.3) is 6.08 Å². The molecule has 0 bridgehead atoms. The van der Waals surface area contributed by atoms with Crippen molar-refractivity contribution in [2.45, 2.75) is 0 Å². The van der Waals surface area contributed by atoms with E-state index in [0.717, 1.165) is 5.56 Å². The highest BCUT2D eigenvalue weighted by Crippen LogP contribution is 1.97. The summed E-state index contributed by atoms with van der Waals surface area (Å²) in [4.78, 5) is 13.2. The lowest BCUT2D eigenvalue weighted by Crippen LogP contribution is -2.08. The summed E-state index contributed by atoms with van der Waals surface area (Å²) >= 11 is 0. The van der Waals surface area contributed by atoms with Crippen LogP contribution in [0.2, 0.25) is 0 Å². The van der Waals surface area contributed by atoms with Gasteiger partial charge in [-0.25, -0.2) is 0 Å². The van der Waals surface area contributed by atoms with E-state index in [9.17, 15) is 4.79 Å². The van der Waals surface area contributed by atoms with Gasteiger partial charge in [-0.05, 0) is 11.6 Å². The normalized spacial score (nSPS) is 8.64. The summed E-state index contributed by atoms with van der Waals surface area (Å²) in [6, 6.07) is 3.27. The Bertz CT molecular complexity index is 370. The van der Waals surface area contributed by atoms with Crippen LogP contribution < -0.4 is 5.56 Å². The van der Waals surface area contributed by atoms with Gasteiger partial charge < -0.3 is 4.98 Å². The van der Waals surface area contributed by atoms with Gasteiger partial charge in [0.25, 0.3) is 5.56 Å². The number of nitriles is 1. The smallest absolute Gasteiger partial charge is 0.265 e. The number of nitrogens with zero attached hydrogens (tertiary/aromatic N) is 1. The van der Waals surface area contributed by atoms with Crippen molar-refractivity contribution in [3.63, 3.8) is 0 Å². The van der Waals surface area contributed by atoms with Crippen LogP contribution in [0.3, 0.4) is 0 Å². The van der Waals surface area contributed by atoms with Gasteiger partial charge in [-0.3, -0.25) is 4.79 Å². The Morgan fingerprint density at radius 3 is 3.00 bits per heavy atom. The van der Waals surface area contributed by atoms with Crippen molar-refractivity contribution in [3.8, 4) is 6.07 Å². The molecule has 0 radical (unpaired) electrons. The summed E-state index contributed by atoms with van der Waals surface area (Å²) in [6.07, 6.45) is 3.08. The predicted molar refractivity (Wildman–Crippen MR) is 41.9 cm³/mol. The Morgan fingerprint density at radius 2 is 2.45 bits per heavy atom. The van der Waals surface area contributed by atoms with Gasteiger partial charge in [0.05, 0.1) is 0 Å². The molecule has 11 heavy (non-hydrogen) atoms. The molecule has 0 aliphatic heterocycles. The minimum absolute atomic E-state index is 0.113. The molecule has 0 atom stereocenters. The molecule has 0 aliphatic rings. The van der Waals surface area contributed by atoms with E-state index in [4.69, 9.17) is 5.26 Å². The summed E-state index contributed by atoms with van der Waals surface area (Å²) in [5.74, 6) is 0. The topological polar surface area (TPSA) is 56.6 Å². The van der Waals surface area contributed by atoms with E-state index >= 15 is 0 Å². The Balaban J connectivity index is 3.37. The lowest BCUT2D eigenvalue weighted by molar-refractivity contribution is 1.21. The third-order valence-corrected chi connectivity index (χ3v) is 1.28. The van der Waals surface area contributed by atoms with Crippen LogP contribution in [0, 0.1) is 11.3 Å². The molecule has 54 valence electrons. The molecule has 1 aromatic rings. The number of hydrogen-bond acceptors (Lipinski definition) is 2. The zero-order valence-electron chi connectivity index (χ0n) is 5.79. The Morgan fingerprint density at radius 1 is 1.73 bits per heavy atom. The molecule has 1 rings (SSSR count). The molecule has 0 amide bonds. The Kier molecular flexibility index (Phi) is 1.88. The molecule has 0 aromatic carbocycles. The van der Waals surface area contributed by atoms with Crippen LogP contribution in [0.15, 0.2) is 23.6 Å². The fourth-order valence-electron chi connectivity index (χ4n) is 0.701. The number of aromatic nitrogens is 1. The van der Waals surface area contributed by atoms with Crippen molar-refractivity contribution in [1.82, 2.24) is 4.98 Å². The largest absolute Gasteiger partial charge is 0.327 e. The van der Waals surface area contributed by atoms with Crippen molar-refractivity contribution < 1.29 is 0 Å². The summed E-state index contributed by atoms with van der Waals surface area (Å²) in [7, 11) is 0. The minimum atomic E-state index is -0.363. The van der Waals surface area contributed by atoms with Crippen LogP contribution in [-0.4, -0.2) is 4.98 Å². The molecule has 1 aromatic heterocycles. The molecule has 3 nitrogen and oxygen atoms in total. The highest BCUT2D eigenvalue weighted by molar-refractivity contribution is 5.48. The number of H-pyrrole nitrogens is 1. The monoisotopic (exact) mass is 146 g/mol. The first-order valence-electron chi connectivity index (χ1n) is 3.03. The predicted octanol–water partition coefficient (Wildman–Crippen LogP) is 0.890. The van der Waals surface area contributed by atoms with E-state index in [1.54, 1.807) is 12.1 Å². The second kappa shape index (κ2) is 2.84. The molecule has 0 fully saturated rings. The molecule has 1 N–H and O–H groups in total. The maximum Gasteiger partial charge on any atom is 0.265 e. The summed E-state index contributed by atoms with van der Waals surface area (Å²) < 4.78 is 0. The fraction of sp³-hybridized carbons (Fsp3) is 0. The maximum absolute atomic E-state index is 10.8. The van der Waals surface area contributed by atoms with Crippen LogP contribution in [0.4, 0.5) is 0 Å². The van der Waals surface area contributed by atoms with E-state index in [0.29, 0.717) is 0 Å². The third-order valence-electron chi connectivity index (χ3n) is 1.28. The number of pyridine rings is 1. The molecular formula is C8H6N2O. The van der Waals surface area contributed by atoms with Gasteiger partial charge >= 0.3 is 0 Å². The van der Waals surface area contributed by atoms with Crippen LogP contribution in [0.1, 0.15) is 11.1 Å². The zero-order valence-corrected chi connectivity index (χ0v) is 5.79. The van der Waals surface area contributed by atoms with Gasteiger partial charge in [0, 0.05) is 6.20 Å². The first-order valence-corrected chi connectivity index (χ1v) is 3.03. The summed E-state index contributed by atoms with van der Waals surface area (Å²) in [6.45, 7) is 3.50. The van der Waals surface area contributed by atoms with E-state index < -0.39 is 0 Å². The molecule has 0 saturated heterocycles. The highest BCUT2D eigenvalue weighted by atomic mass is 16.1. The molecule has 0 unspecified atom stereocenters. The van der Waals surface area contributed by atoms with Crippen molar-refractivity contribution >= 4 is 6.08 Å². The number of rotatable bonds is 1. The Hall–Kier alpha value is -1.82. The molecule has 1 heterocycles. The van der Waals surface area contributed by atoms with Crippen molar-refractivity contribution in [2.75, 3.05) is 0 Å². The number of nitrogens with one attached hydrogen (secondary N) is 1. The standard InChI is InChI=1S/C8H6N2O/c1-2-6-3-7(4-9)8(11)10-5-6/h2-3,5H,1H2,(H,10,11). The van der Waals surface area contributed by atoms with Gasteiger partial charge in [0.15, 0.2) is 0 Å². The molecular weight excluding hydrogens is 140 g/mol. The first kappa shape index (κ1) is 7.29. The second-order valence-electron chi connectivity index (χ2n) is 1.99. The first-order chi connectivity index (χ1) is 5.27. The minimum Gasteiger partial charge on any atom is -0.327 e. The van der Waals surface area contributed by atoms with E-state index in [-0.39, 0.29) is 11.1 Å². The van der Waals surface area contributed by atoms with Gasteiger partial charge in [0.2, 0.25) is 0 Å². The van der Waals surface area contributed by atoms with Crippen molar-refractivity contribution in [1.29, 1.82) is 5.26 Å². The van der Waals surface area contributed by atoms with Crippen LogP contribution in [-0.2, 0) is 0 Å². The van der Waals surface area contributed by atoms with Gasteiger partial charge in [0.1, 0.15) is 11.6 Å². The summed E-state index contributed by atoms with van der Waals surface area (Å²) in [5, 5.41) is 8.43. The lowest BCUT2D eigenvalue weighted by atomic mass is 10.2. The molecule has 3 heteroatoms. The van der Waals surface area contributed by atoms with Gasteiger partial charge in [-0.2, -0.15) is 5.26 Å². The Labute approximate surface area is 63.6 Å². The number of hydrogen-bond donors (Lipinski definition) is 1. The molecule has 0 spiro atoms. The lowest BCUT2D eigenvalue weighted by Gasteiger charge is -1.90. The number of aromatic amines is 1. The second-order valence-corrected chi connectivity index (χ2v) is 1.99. The van der Waals surface area contributed by atoms with Gasteiger partial charge in [-0.15, -0.1) is 0 Å². The van der Waals surface area contributed by atoms with Crippen molar-refractivity contribution in [3.05, 3.63) is 40.3 Å². The average molecular weight is 146 g/mol. The highest BCUT2D eigenvalue weighted by Gasteiger charge is 1.96.